The zero-order valence-electron chi connectivity index (χ0n) is 18.6. The van der Waals surface area contributed by atoms with Gasteiger partial charge in [0, 0.05) is 37.1 Å². The van der Waals surface area contributed by atoms with Gasteiger partial charge in [-0.3, -0.25) is 0 Å². The van der Waals surface area contributed by atoms with Crippen LogP contribution in [0.2, 0.25) is 0 Å². The molecule has 0 saturated carbocycles. The van der Waals surface area contributed by atoms with Crippen molar-refractivity contribution in [3.63, 3.8) is 0 Å². The topological polar surface area (TPSA) is 74.7 Å². The molecular formula is C26H25N7. The van der Waals surface area contributed by atoms with E-state index in [1.807, 2.05) is 36.0 Å². The van der Waals surface area contributed by atoms with E-state index >= 15 is 0 Å². The van der Waals surface area contributed by atoms with Gasteiger partial charge in [-0.1, -0.05) is 12.1 Å². The molecule has 1 fully saturated rings. The van der Waals surface area contributed by atoms with E-state index in [2.05, 4.69) is 61.4 Å². The minimum atomic E-state index is 0.666. The van der Waals surface area contributed by atoms with E-state index in [9.17, 15) is 0 Å². The van der Waals surface area contributed by atoms with Crippen LogP contribution < -0.4 is 10.2 Å². The molecule has 7 nitrogen and oxygen atoms in total. The molecule has 0 bridgehead atoms. The standard InChI is InChI=1S/C26H25N7/c1-28-13-19-8-9-31(14-19)23-6-7-24-22(10-23)16-32-15-21(20-4-2-18(12-27)3-5-20)11-25(32)26-29-17-30-33(24)26/h2-7,10-11,15,17,19,28H,8-9,13-14,16H2,1H3. The predicted molar refractivity (Wildman–Crippen MR) is 128 cm³/mol. The summed E-state index contributed by atoms with van der Waals surface area (Å²) in [5.74, 6) is 1.54. The Morgan fingerprint density at radius 3 is 2.82 bits per heavy atom. The van der Waals surface area contributed by atoms with Gasteiger partial charge in [0.2, 0.25) is 0 Å². The minimum absolute atomic E-state index is 0.666. The molecule has 2 aliphatic heterocycles. The van der Waals surface area contributed by atoms with Crippen LogP contribution in [0.15, 0.2) is 61.1 Å². The SMILES string of the molecule is CNCC1CCN(c2ccc3c(c2)Cn2cc(-c4ccc(C#N)cc4)cc2-c2ncnn2-3)C1. The summed E-state index contributed by atoms with van der Waals surface area (Å²) in [6, 6.07) is 18.8. The first-order valence-corrected chi connectivity index (χ1v) is 11.4. The summed E-state index contributed by atoms with van der Waals surface area (Å²) in [7, 11) is 2.03. The van der Waals surface area contributed by atoms with Gasteiger partial charge in [0.1, 0.15) is 6.33 Å². The molecule has 1 atom stereocenters. The number of fused-ring (bicyclic) bond motifs is 5. The van der Waals surface area contributed by atoms with Crippen LogP contribution in [0.1, 0.15) is 17.5 Å². The van der Waals surface area contributed by atoms with Gasteiger partial charge in [-0.25, -0.2) is 9.67 Å². The monoisotopic (exact) mass is 435 g/mol. The van der Waals surface area contributed by atoms with Gasteiger partial charge in [-0.15, -0.1) is 0 Å². The maximum Gasteiger partial charge on any atom is 0.179 e. The van der Waals surface area contributed by atoms with E-state index in [0.717, 1.165) is 54.5 Å². The smallest absolute Gasteiger partial charge is 0.179 e. The van der Waals surface area contributed by atoms with Crippen LogP contribution >= 0.6 is 0 Å². The Labute approximate surface area is 192 Å². The third-order valence-electron chi connectivity index (χ3n) is 6.80. The molecule has 164 valence electrons. The van der Waals surface area contributed by atoms with Crippen molar-refractivity contribution in [3.8, 4) is 34.4 Å². The van der Waals surface area contributed by atoms with Crippen molar-refractivity contribution in [2.24, 2.45) is 5.92 Å². The van der Waals surface area contributed by atoms with Gasteiger partial charge in [-0.2, -0.15) is 10.4 Å². The number of nitrogens with zero attached hydrogens (tertiary/aromatic N) is 6. The van der Waals surface area contributed by atoms with Crippen LogP contribution in [-0.4, -0.2) is 46.0 Å². The Morgan fingerprint density at radius 1 is 1.12 bits per heavy atom. The first-order valence-electron chi connectivity index (χ1n) is 11.4. The summed E-state index contributed by atoms with van der Waals surface area (Å²) in [5, 5.41) is 17.0. The number of anilines is 1. The highest BCUT2D eigenvalue weighted by Gasteiger charge is 2.25. The Bertz CT molecular complexity index is 1360. The maximum atomic E-state index is 9.11. The lowest BCUT2D eigenvalue weighted by molar-refractivity contribution is 0.549. The fraction of sp³-hybridized carbons (Fsp3) is 0.269. The lowest BCUT2D eigenvalue weighted by Gasteiger charge is -2.21. The second-order valence-electron chi connectivity index (χ2n) is 8.90. The van der Waals surface area contributed by atoms with Gasteiger partial charge in [0.05, 0.1) is 23.0 Å². The van der Waals surface area contributed by atoms with Crippen LogP contribution in [0.25, 0.3) is 28.3 Å². The number of nitriles is 1. The molecule has 6 rings (SSSR count). The van der Waals surface area contributed by atoms with Crippen LogP contribution in [-0.2, 0) is 6.54 Å². The largest absolute Gasteiger partial charge is 0.371 e. The van der Waals surface area contributed by atoms with E-state index in [4.69, 9.17) is 5.26 Å². The Balaban J connectivity index is 1.39. The van der Waals surface area contributed by atoms with Gasteiger partial charge >= 0.3 is 0 Å². The number of nitrogens with one attached hydrogen (secondary N) is 1. The lowest BCUT2D eigenvalue weighted by Crippen LogP contribution is -2.24. The van der Waals surface area contributed by atoms with E-state index in [1.165, 1.54) is 17.7 Å². The summed E-state index contributed by atoms with van der Waals surface area (Å²) >= 11 is 0. The van der Waals surface area contributed by atoms with Crippen LogP contribution in [0.5, 0.6) is 0 Å². The lowest BCUT2D eigenvalue weighted by atomic mass is 10.1. The number of hydrogen-bond donors (Lipinski definition) is 1. The average Bonchev–Trinajstić information content (AvgIpc) is 3.58. The second kappa shape index (κ2) is 7.91. The van der Waals surface area contributed by atoms with Crippen LogP contribution in [0.3, 0.4) is 0 Å². The number of aromatic nitrogens is 4. The van der Waals surface area contributed by atoms with E-state index in [1.54, 1.807) is 6.33 Å². The number of benzene rings is 2. The number of hydrogen-bond acceptors (Lipinski definition) is 5. The molecule has 1 saturated heterocycles. The summed E-state index contributed by atoms with van der Waals surface area (Å²) in [6.07, 6.45) is 5.02. The zero-order valence-corrected chi connectivity index (χ0v) is 18.6. The average molecular weight is 436 g/mol. The molecule has 4 heterocycles. The summed E-state index contributed by atoms with van der Waals surface area (Å²) in [5.41, 5.74) is 7.50. The van der Waals surface area contributed by atoms with Crippen molar-refractivity contribution in [1.82, 2.24) is 24.6 Å². The zero-order chi connectivity index (χ0) is 22.4. The third kappa shape index (κ3) is 3.40. The highest BCUT2D eigenvalue weighted by atomic mass is 15.4. The first-order chi connectivity index (χ1) is 16.2. The number of rotatable bonds is 4. The third-order valence-corrected chi connectivity index (χ3v) is 6.80. The summed E-state index contributed by atoms with van der Waals surface area (Å²) in [4.78, 5) is 7.09. The van der Waals surface area contributed by atoms with Crippen LogP contribution in [0.4, 0.5) is 5.69 Å². The van der Waals surface area contributed by atoms with Crippen LogP contribution in [0, 0.1) is 17.2 Å². The Morgan fingerprint density at radius 2 is 2.00 bits per heavy atom. The molecule has 2 aromatic carbocycles. The van der Waals surface area contributed by atoms with Crippen molar-refractivity contribution in [2.75, 3.05) is 31.6 Å². The molecule has 2 aliphatic rings. The minimum Gasteiger partial charge on any atom is -0.371 e. The highest BCUT2D eigenvalue weighted by molar-refractivity contribution is 5.72. The fourth-order valence-electron chi connectivity index (χ4n) is 5.12. The van der Waals surface area contributed by atoms with Gasteiger partial charge in [0.15, 0.2) is 5.82 Å². The molecule has 4 aromatic rings. The van der Waals surface area contributed by atoms with Crippen molar-refractivity contribution in [1.29, 1.82) is 5.26 Å². The van der Waals surface area contributed by atoms with E-state index in [-0.39, 0.29) is 0 Å². The van der Waals surface area contributed by atoms with Gasteiger partial charge in [-0.05, 0) is 73.5 Å². The van der Waals surface area contributed by atoms with Crippen molar-refractivity contribution in [3.05, 3.63) is 72.2 Å². The Hall–Kier alpha value is -3.89. The fourth-order valence-corrected chi connectivity index (χ4v) is 5.12. The molecule has 2 aromatic heterocycles. The predicted octanol–water partition coefficient (Wildman–Crippen LogP) is 3.68. The molecule has 0 spiro atoms. The van der Waals surface area contributed by atoms with Crippen molar-refractivity contribution < 1.29 is 0 Å². The second-order valence-corrected chi connectivity index (χ2v) is 8.90. The van der Waals surface area contributed by atoms with Gasteiger partial charge in [0.25, 0.3) is 0 Å². The molecule has 0 amide bonds. The molecular weight excluding hydrogens is 410 g/mol. The maximum absolute atomic E-state index is 9.11. The Kier molecular flexibility index (Phi) is 4.74. The summed E-state index contributed by atoms with van der Waals surface area (Å²) in [6.45, 7) is 4.01. The molecule has 1 N–H and O–H groups in total. The molecule has 0 radical (unpaired) electrons. The van der Waals surface area contributed by atoms with Gasteiger partial charge < -0.3 is 14.8 Å². The van der Waals surface area contributed by atoms with E-state index in [0.29, 0.717) is 11.5 Å². The summed E-state index contributed by atoms with van der Waals surface area (Å²) < 4.78 is 4.21. The highest BCUT2D eigenvalue weighted by Crippen LogP contribution is 2.35. The molecule has 0 aliphatic carbocycles. The van der Waals surface area contributed by atoms with Crippen molar-refractivity contribution in [2.45, 2.75) is 13.0 Å². The first kappa shape index (κ1) is 19.8. The van der Waals surface area contributed by atoms with Crippen molar-refractivity contribution >= 4 is 5.69 Å². The van der Waals surface area contributed by atoms with E-state index < -0.39 is 0 Å². The quantitative estimate of drug-likeness (QED) is 0.466. The molecule has 33 heavy (non-hydrogen) atoms. The molecule has 7 heteroatoms. The molecule has 1 unspecified atom stereocenters. The normalized spacial score (nSPS) is 16.6.